The van der Waals surface area contributed by atoms with E-state index in [0.717, 1.165) is 32.6 Å². The number of anilines is 1. The normalized spacial score (nSPS) is 19.9. The van der Waals surface area contributed by atoms with Crippen LogP contribution in [0, 0.1) is 0 Å². The topological polar surface area (TPSA) is 6.48 Å². The van der Waals surface area contributed by atoms with Crippen molar-refractivity contribution in [2.75, 3.05) is 31.1 Å². The maximum Gasteiger partial charge on any atom is 0.0401 e. The Morgan fingerprint density at radius 2 is 1.33 bits per heavy atom. The van der Waals surface area contributed by atoms with Gasteiger partial charge in [-0.25, -0.2) is 0 Å². The molecule has 1 atom stereocenters. The van der Waals surface area contributed by atoms with E-state index in [-0.39, 0.29) is 0 Å². The lowest BCUT2D eigenvalue weighted by Gasteiger charge is -2.40. The molecule has 1 saturated heterocycles. The van der Waals surface area contributed by atoms with Crippen LogP contribution in [0.3, 0.4) is 0 Å². The van der Waals surface area contributed by atoms with Gasteiger partial charge in [-0.15, -0.1) is 0 Å². The van der Waals surface area contributed by atoms with Crippen LogP contribution in [0.1, 0.15) is 17.2 Å². The van der Waals surface area contributed by atoms with Gasteiger partial charge in [0.25, 0.3) is 0 Å². The molecule has 0 bridgehead atoms. The van der Waals surface area contributed by atoms with Gasteiger partial charge in [-0.05, 0) is 41.8 Å². The number of nitrogens with zero attached hydrogens (tertiary/aromatic N) is 2. The van der Waals surface area contributed by atoms with E-state index in [9.17, 15) is 0 Å². The Bertz CT molecular complexity index is 916. The molecule has 27 heavy (non-hydrogen) atoms. The number of benzene rings is 3. The molecule has 2 aliphatic rings. The van der Waals surface area contributed by atoms with Crippen molar-refractivity contribution in [1.82, 2.24) is 4.90 Å². The van der Waals surface area contributed by atoms with Gasteiger partial charge in [0.15, 0.2) is 0 Å². The molecular weight excluding hydrogens is 348 g/mol. The van der Waals surface area contributed by atoms with E-state index < -0.39 is 0 Å². The van der Waals surface area contributed by atoms with Gasteiger partial charge in [0.1, 0.15) is 0 Å². The third-order valence-corrected chi connectivity index (χ3v) is 6.97. The van der Waals surface area contributed by atoms with Crippen LogP contribution >= 0.6 is 11.8 Å². The first-order valence-corrected chi connectivity index (χ1v) is 10.6. The van der Waals surface area contributed by atoms with Crippen molar-refractivity contribution >= 4 is 17.4 Å². The second-order valence-corrected chi connectivity index (χ2v) is 8.41. The van der Waals surface area contributed by atoms with Crippen LogP contribution in [-0.2, 0) is 6.42 Å². The second-order valence-electron chi connectivity index (χ2n) is 7.33. The van der Waals surface area contributed by atoms with Crippen LogP contribution in [0.4, 0.5) is 5.69 Å². The lowest BCUT2D eigenvalue weighted by molar-refractivity contribution is 0.182. The summed E-state index contributed by atoms with van der Waals surface area (Å²) in [6.07, 6.45) is 1.10. The maximum absolute atomic E-state index is 2.70. The Morgan fingerprint density at radius 3 is 2.15 bits per heavy atom. The van der Waals surface area contributed by atoms with Crippen molar-refractivity contribution in [3.63, 3.8) is 0 Å². The molecule has 3 heteroatoms. The molecule has 0 unspecified atom stereocenters. The third-order valence-electron chi connectivity index (χ3n) is 5.76. The summed E-state index contributed by atoms with van der Waals surface area (Å²) in [6, 6.07) is 29.2. The van der Waals surface area contributed by atoms with E-state index in [4.69, 9.17) is 0 Å². The van der Waals surface area contributed by atoms with Crippen molar-refractivity contribution in [2.45, 2.75) is 22.3 Å². The largest absolute Gasteiger partial charge is 0.369 e. The van der Waals surface area contributed by atoms with Crippen LogP contribution in [0.2, 0.25) is 0 Å². The van der Waals surface area contributed by atoms with Crippen LogP contribution in [-0.4, -0.2) is 31.1 Å². The maximum atomic E-state index is 2.70. The number of fused-ring (bicyclic) bond motifs is 2. The van der Waals surface area contributed by atoms with Gasteiger partial charge in [-0.1, -0.05) is 66.4 Å². The zero-order valence-corrected chi connectivity index (χ0v) is 16.2. The van der Waals surface area contributed by atoms with Gasteiger partial charge in [-0.2, -0.15) is 0 Å². The highest BCUT2D eigenvalue weighted by atomic mass is 32.2. The summed E-state index contributed by atoms with van der Waals surface area (Å²) in [7, 11) is 0. The Labute approximate surface area is 165 Å². The molecule has 2 nitrogen and oxygen atoms in total. The SMILES string of the molecule is c1ccc(N2CCN([C@H]3Cc4ccccc4Sc4ccccc43)CC2)cc1. The first-order chi connectivity index (χ1) is 13.4. The molecule has 1 fully saturated rings. The Balaban J connectivity index is 1.41. The van der Waals surface area contributed by atoms with E-state index in [2.05, 4.69) is 88.7 Å². The first-order valence-electron chi connectivity index (χ1n) is 9.77. The highest BCUT2D eigenvalue weighted by Gasteiger charge is 2.29. The highest BCUT2D eigenvalue weighted by Crippen LogP contribution is 2.42. The minimum absolute atomic E-state index is 0.468. The summed E-state index contributed by atoms with van der Waals surface area (Å²) < 4.78 is 0. The summed E-state index contributed by atoms with van der Waals surface area (Å²) in [5.74, 6) is 0. The molecule has 0 saturated carbocycles. The number of piperazine rings is 1. The summed E-state index contributed by atoms with van der Waals surface area (Å²) in [5, 5.41) is 0. The van der Waals surface area contributed by atoms with Gasteiger partial charge in [-0.3, -0.25) is 4.90 Å². The van der Waals surface area contributed by atoms with Crippen molar-refractivity contribution < 1.29 is 0 Å². The minimum Gasteiger partial charge on any atom is -0.369 e. The molecule has 5 rings (SSSR count). The van der Waals surface area contributed by atoms with Crippen LogP contribution in [0.15, 0.2) is 88.7 Å². The Kier molecular flexibility index (Phi) is 4.64. The van der Waals surface area contributed by atoms with Crippen molar-refractivity contribution in [1.29, 1.82) is 0 Å². The molecule has 3 aromatic rings. The minimum atomic E-state index is 0.468. The van der Waals surface area contributed by atoms with Gasteiger partial charge < -0.3 is 4.90 Å². The lowest BCUT2D eigenvalue weighted by Crippen LogP contribution is -2.48. The van der Waals surface area contributed by atoms with Gasteiger partial charge >= 0.3 is 0 Å². The van der Waals surface area contributed by atoms with E-state index in [1.807, 2.05) is 11.8 Å². The number of para-hydroxylation sites is 1. The second kappa shape index (κ2) is 7.41. The average molecular weight is 373 g/mol. The lowest BCUT2D eigenvalue weighted by atomic mass is 9.96. The van der Waals surface area contributed by atoms with E-state index in [0.29, 0.717) is 6.04 Å². The molecule has 0 aromatic heterocycles. The summed E-state index contributed by atoms with van der Waals surface area (Å²) in [5.41, 5.74) is 4.32. The molecule has 0 N–H and O–H groups in total. The highest BCUT2D eigenvalue weighted by molar-refractivity contribution is 7.99. The van der Waals surface area contributed by atoms with Crippen molar-refractivity contribution in [2.24, 2.45) is 0 Å². The molecule has 136 valence electrons. The predicted molar refractivity (Wildman–Crippen MR) is 114 cm³/mol. The molecule has 3 aromatic carbocycles. The molecule has 0 amide bonds. The molecule has 2 heterocycles. The van der Waals surface area contributed by atoms with E-state index >= 15 is 0 Å². The standard InChI is InChI=1S/C24H24N2S/c1-2-9-20(10-3-1)25-14-16-26(17-15-25)22-18-19-8-4-6-12-23(19)27-24-13-7-5-11-21(22)24/h1-13,22H,14-18H2/t22-/m0/s1. The monoisotopic (exact) mass is 372 g/mol. The molecule has 2 aliphatic heterocycles. The average Bonchev–Trinajstić information content (AvgIpc) is 2.91. The quantitative estimate of drug-likeness (QED) is 0.606. The van der Waals surface area contributed by atoms with Crippen molar-refractivity contribution in [3.05, 3.63) is 90.0 Å². The van der Waals surface area contributed by atoms with E-state index in [1.54, 1.807) is 0 Å². The van der Waals surface area contributed by atoms with Gasteiger partial charge in [0.2, 0.25) is 0 Å². The summed E-state index contributed by atoms with van der Waals surface area (Å²) >= 11 is 1.93. The first kappa shape index (κ1) is 16.9. The van der Waals surface area contributed by atoms with Crippen LogP contribution in [0.5, 0.6) is 0 Å². The number of rotatable bonds is 2. The zero-order valence-electron chi connectivity index (χ0n) is 15.4. The van der Waals surface area contributed by atoms with Crippen LogP contribution < -0.4 is 4.90 Å². The molecule has 0 radical (unpaired) electrons. The zero-order chi connectivity index (χ0) is 18.1. The van der Waals surface area contributed by atoms with Crippen LogP contribution in [0.25, 0.3) is 0 Å². The predicted octanol–water partition coefficient (Wildman–Crippen LogP) is 5.26. The Morgan fingerprint density at radius 1 is 0.667 bits per heavy atom. The molecule has 0 spiro atoms. The van der Waals surface area contributed by atoms with Gasteiger partial charge in [0.05, 0.1) is 0 Å². The number of hydrogen-bond donors (Lipinski definition) is 0. The Hall–Kier alpha value is -2.23. The third kappa shape index (κ3) is 3.38. The fraction of sp³-hybridized carbons (Fsp3) is 0.250. The number of hydrogen-bond acceptors (Lipinski definition) is 3. The smallest absolute Gasteiger partial charge is 0.0401 e. The molecule has 0 aliphatic carbocycles. The van der Waals surface area contributed by atoms with Crippen molar-refractivity contribution in [3.8, 4) is 0 Å². The fourth-order valence-electron chi connectivity index (χ4n) is 4.31. The van der Waals surface area contributed by atoms with Gasteiger partial charge in [0, 0.05) is 47.7 Å². The fourth-order valence-corrected chi connectivity index (χ4v) is 5.45. The summed E-state index contributed by atoms with van der Waals surface area (Å²) in [4.78, 5) is 8.04. The summed E-state index contributed by atoms with van der Waals surface area (Å²) in [6.45, 7) is 4.41. The van der Waals surface area contributed by atoms with E-state index in [1.165, 1.54) is 26.6 Å². The molecular formula is C24H24N2S.